The van der Waals surface area contributed by atoms with E-state index in [0.29, 0.717) is 0 Å². The molecule has 1 rings (SSSR count). The molecule has 0 N–H and O–H groups in total. The van der Waals surface area contributed by atoms with Crippen molar-refractivity contribution >= 4 is 0 Å². The Morgan fingerprint density at radius 2 is 1.44 bits per heavy atom. The zero-order chi connectivity index (χ0) is 12.3. The van der Waals surface area contributed by atoms with Crippen LogP contribution in [-0.4, -0.2) is 25.5 Å². The van der Waals surface area contributed by atoms with Crippen LogP contribution in [0.4, 0.5) is 0 Å². The van der Waals surface area contributed by atoms with Crippen molar-refractivity contribution in [1.29, 1.82) is 0 Å². The second-order valence-electron chi connectivity index (χ2n) is 5.15. The predicted molar refractivity (Wildman–Crippen MR) is 72.3 cm³/mol. The van der Waals surface area contributed by atoms with Gasteiger partial charge in [0, 0.05) is 0 Å². The normalized spacial score (nSPS) is 11.2. The highest BCUT2D eigenvalue weighted by Gasteiger charge is 2.07. The van der Waals surface area contributed by atoms with Gasteiger partial charge in [-0.3, -0.25) is 0 Å². The molecule has 1 nitrogen and oxygen atoms in total. The second-order valence-corrected chi connectivity index (χ2v) is 5.15. The highest BCUT2D eigenvalue weighted by molar-refractivity contribution is 5.44. The van der Waals surface area contributed by atoms with E-state index in [-0.39, 0.29) is 0 Å². The van der Waals surface area contributed by atoms with Crippen molar-refractivity contribution in [2.24, 2.45) is 0 Å². The highest BCUT2D eigenvalue weighted by atomic mass is 15.0. The van der Waals surface area contributed by atoms with Gasteiger partial charge in [-0.2, -0.15) is 0 Å². The van der Waals surface area contributed by atoms with E-state index in [1.165, 1.54) is 41.6 Å². The minimum atomic E-state index is 1.17. The molecule has 0 bridgehead atoms. The summed E-state index contributed by atoms with van der Waals surface area (Å²) in [4.78, 5) is 2.26. The largest absolute Gasteiger partial charge is 0.309 e. The lowest BCUT2D eigenvalue weighted by atomic mass is 9.91. The Hall–Kier alpha value is -0.820. The van der Waals surface area contributed by atoms with Crippen molar-refractivity contribution < 1.29 is 0 Å². The van der Waals surface area contributed by atoms with E-state index >= 15 is 0 Å². The van der Waals surface area contributed by atoms with Gasteiger partial charge in [-0.15, -0.1) is 0 Å². The fraction of sp³-hybridized carbons (Fsp3) is 0.600. The van der Waals surface area contributed by atoms with Gasteiger partial charge in [-0.25, -0.2) is 0 Å². The smallest absolute Gasteiger partial charge is 0.00217 e. The predicted octanol–water partition coefficient (Wildman–Crippen LogP) is 3.41. The van der Waals surface area contributed by atoms with Crippen LogP contribution in [0.15, 0.2) is 6.07 Å². The Morgan fingerprint density at radius 3 is 1.88 bits per heavy atom. The summed E-state index contributed by atoms with van der Waals surface area (Å²) in [6.45, 7) is 10.1. The molecule has 0 fully saturated rings. The maximum absolute atomic E-state index is 2.31. The summed E-state index contributed by atoms with van der Waals surface area (Å²) >= 11 is 0. The van der Waals surface area contributed by atoms with Crippen LogP contribution in [0.3, 0.4) is 0 Å². The zero-order valence-corrected chi connectivity index (χ0v) is 11.6. The lowest BCUT2D eigenvalue weighted by Crippen LogP contribution is -2.14. The third-order valence-electron chi connectivity index (χ3n) is 3.55. The van der Waals surface area contributed by atoms with Crippen molar-refractivity contribution in [3.63, 3.8) is 0 Å². The molecule has 1 aromatic carbocycles. The minimum Gasteiger partial charge on any atom is -0.309 e. The van der Waals surface area contributed by atoms with E-state index < -0.39 is 0 Å². The van der Waals surface area contributed by atoms with Crippen molar-refractivity contribution in [2.45, 2.75) is 40.5 Å². The van der Waals surface area contributed by atoms with Crippen molar-refractivity contribution in [3.05, 3.63) is 33.9 Å². The van der Waals surface area contributed by atoms with E-state index in [9.17, 15) is 0 Å². The van der Waals surface area contributed by atoms with Crippen LogP contribution in [0.5, 0.6) is 0 Å². The molecule has 0 aromatic heterocycles. The summed E-state index contributed by atoms with van der Waals surface area (Å²) in [5, 5.41) is 0. The van der Waals surface area contributed by atoms with Crippen LogP contribution in [0.1, 0.15) is 34.2 Å². The molecule has 0 aliphatic rings. The first kappa shape index (κ1) is 13.2. The van der Waals surface area contributed by atoms with Gasteiger partial charge in [0.1, 0.15) is 0 Å². The molecule has 90 valence electrons. The summed E-state index contributed by atoms with van der Waals surface area (Å²) in [6.07, 6.45) is 2.45. The topological polar surface area (TPSA) is 3.24 Å². The van der Waals surface area contributed by atoms with Crippen LogP contribution < -0.4 is 0 Å². The first-order valence-corrected chi connectivity index (χ1v) is 6.14. The lowest BCUT2D eigenvalue weighted by molar-refractivity contribution is 0.400. The highest BCUT2D eigenvalue weighted by Crippen LogP contribution is 2.22. The van der Waals surface area contributed by atoms with Crippen LogP contribution in [0.2, 0.25) is 0 Å². The third kappa shape index (κ3) is 3.08. The van der Waals surface area contributed by atoms with E-state index in [1.807, 2.05) is 0 Å². The number of hydrogen-bond donors (Lipinski definition) is 0. The minimum absolute atomic E-state index is 1.17. The lowest BCUT2D eigenvalue weighted by Gasteiger charge is -2.16. The summed E-state index contributed by atoms with van der Waals surface area (Å²) in [6, 6.07) is 2.31. The summed E-state index contributed by atoms with van der Waals surface area (Å²) in [7, 11) is 4.28. The Bertz CT molecular complexity index is 338. The van der Waals surface area contributed by atoms with Crippen molar-refractivity contribution in [3.8, 4) is 0 Å². The van der Waals surface area contributed by atoms with Crippen LogP contribution >= 0.6 is 0 Å². The molecular weight excluding hydrogens is 194 g/mol. The van der Waals surface area contributed by atoms with E-state index in [0.717, 1.165) is 0 Å². The van der Waals surface area contributed by atoms with E-state index in [2.05, 4.69) is 52.8 Å². The number of hydrogen-bond acceptors (Lipinski definition) is 1. The van der Waals surface area contributed by atoms with E-state index in [1.54, 1.807) is 5.56 Å². The first-order valence-electron chi connectivity index (χ1n) is 6.14. The molecule has 0 amide bonds. The maximum Gasteiger partial charge on any atom is -0.00217 e. The molecule has 0 saturated carbocycles. The number of nitrogens with zero attached hydrogens (tertiary/aromatic N) is 1. The molecule has 0 unspecified atom stereocenters. The van der Waals surface area contributed by atoms with Gasteiger partial charge in [0.2, 0.25) is 0 Å². The zero-order valence-electron chi connectivity index (χ0n) is 11.6. The summed E-state index contributed by atoms with van der Waals surface area (Å²) in [5.41, 5.74) is 7.41. The second kappa shape index (κ2) is 5.49. The Kier molecular flexibility index (Phi) is 4.55. The average Bonchev–Trinajstić information content (AvgIpc) is 2.20. The third-order valence-corrected chi connectivity index (χ3v) is 3.55. The van der Waals surface area contributed by atoms with Gasteiger partial charge in [-0.05, 0) is 89.0 Å². The number of aryl methyl sites for hydroxylation is 2. The fourth-order valence-electron chi connectivity index (χ4n) is 2.25. The number of rotatable bonds is 4. The van der Waals surface area contributed by atoms with Gasteiger partial charge in [0.25, 0.3) is 0 Å². The molecule has 0 radical (unpaired) electrons. The molecule has 0 saturated heterocycles. The van der Waals surface area contributed by atoms with Crippen LogP contribution in [-0.2, 0) is 6.42 Å². The van der Waals surface area contributed by atoms with Crippen molar-refractivity contribution in [2.75, 3.05) is 20.6 Å². The fourth-order valence-corrected chi connectivity index (χ4v) is 2.25. The van der Waals surface area contributed by atoms with Gasteiger partial charge in [-0.1, -0.05) is 6.07 Å². The molecule has 1 heteroatoms. The molecule has 1 aromatic rings. The molecule has 0 heterocycles. The summed E-state index contributed by atoms with van der Waals surface area (Å²) < 4.78 is 0. The van der Waals surface area contributed by atoms with Gasteiger partial charge in [0.15, 0.2) is 0 Å². The average molecular weight is 219 g/mol. The van der Waals surface area contributed by atoms with Crippen LogP contribution in [0, 0.1) is 27.7 Å². The van der Waals surface area contributed by atoms with Crippen molar-refractivity contribution in [1.82, 2.24) is 4.90 Å². The molecule has 0 aliphatic carbocycles. The summed E-state index contributed by atoms with van der Waals surface area (Å²) in [5.74, 6) is 0. The Morgan fingerprint density at radius 1 is 0.938 bits per heavy atom. The van der Waals surface area contributed by atoms with Gasteiger partial charge >= 0.3 is 0 Å². The quantitative estimate of drug-likeness (QED) is 0.750. The van der Waals surface area contributed by atoms with E-state index in [4.69, 9.17) is 0 Å². The molecule has 16 heavy (non-hydrogen) atoms. The Balaban J connectivity index is 2.86. The monoisotopic (exact) mass is 219 g/mol. The number of benzene rings is 1. The first-order chi connectivity index (χ1) is 7.43. The van der Waals surface area contributed by atoms with Gasteiger partial charge in [0.05, 0.1) is 0 Å². The maximum atomic E-state index is 2.31. The molecule has 0 spiro atoms. The van der Waals surface area contributed by atoms with Gasteiger partial charge < -0.3 is 4.90 Å². The molecule has 0 atom stereocenters. The standard InChI is InChI=1S/C15H25N/c1-11-10-12(2)14(4)15(13(11)3)8-7-9-16(5)6/h10H,7-9H2,1-6H3. The van der Waals surface area contributed by atoms with Crippen LogP contribution in [0.25, 0.3) is 0 Å². The Labute approximate surface area is 100 Å². The SMILES string of the molecule is Cc1cc(C)c(C)c(CCCN(C)C)c1C. The molecule has 0 aliphatic heterocycles. The molecular formula is C15H25N.